The maximum Gasteiger partial charge on any atom is 0.242 e. The smallest absolute Gasteiger partial charge is 0.242 e. The minimum Gasteiger partial charge on any atom is -0.361 e. The molecule has 1 saturated carbocycles. The van der Waals surface area contributed by atoms with E-state index in [0.717, 1.165) is 53.2 Å². The molecule has 5 aromatic rings. The van der Waals surface area contributed by atoms with Crippen molar-refractivity contribution in [1.82, 2.24) is 20.0 Å². The van der Waals surface area contributed by atoms with Gasteiger partial charge in [-0.2, -0.15) is 4.72 Å². The van der Waals surface area contributed by atoms with E-state index < -0.39 is 15.6 Å². The maximum atomic E-state index is 14.5. The van der Waals surface area contributed by atoms with Crippen LogP contribution < -0.4 is 10.0 Å². The van der Waals surface area contributed by atoms with Crippen molar-refractivity contribution in [1.29, 1.82) is 0 Å². The number of sulfonamides is 1. The summed E-state index contributed by atoms with van der Waals surface area (Å²) in [5.74, 6) is -0.151. The van der Waals surface area contributed by atoms with Gasteiger partial charge in [0, 0.05) is 35.1 Å². The van der Waals surface area contributed by atoms with Crippen LogP contribution >= 0.6 is 0 Å². The molecule has 1 aliphatic rings. The zero-order valence-corrected chi connectivity index (χ0v) is 24.5. The standard InChI is InChI=1S/C34H36N4O3S/c1-34(22-26-23-36-29-18-8-7-16-27(26)29,38-42(40,41)31-20-11-15-24-12-5-6-17-28(24)31)33(39)37-32(25-13-3-2-4-14-25)30-19-9-10-21-35-30/h5-12,15-21,23,25,32,36,38H,2-4,13-14,22H2,1H3,(H,37,39). The molecule has 216 valence electrons. The Kier molecular flexibility index (Phi) is 7.84. The lowest BCUT2D eigenvalue weighted by atomic mass is 9.82. The van der Waals surface area contributed by atoms with Crippen LogP contribution in [0, 0.1) is 5.92 Å². The summed E-state index contributed by atoms with van der Waals surface area (Å²) in [6, 6.07) is 25.8. The Morgan fingerprint density at radius 3 is 2.43 bits per heavy atom. The van der Waals surface area contributed by atoms with Gasteiger partial charge in [-0.25, -0.2) is 8.42 Å². The van der Waals surface area contributed by atoms with E-state index in [4.69, 9.17) is 0 Å². The Labute approximate surface area is 246 Å². The lowest BCUT2D eigenvalue weighted by Crippen LogP contribution is -2.59. The molecule has 0 radical (unpaired) electrons. The molecular formula is C34H36N4O3S. The van der Waals surface area contributed by atoms with Gasteiger partial charge in [0.15, 0.2) is 0 Å². The van der Waals surface area contributed by atoms with Gasteiger partial charge >= 0.3 is 0 Å². The number of carbonyl (C=O) groups excluding carboxylic acids is 1. The lowest BCUT2D eigenvalue weighted by Gasteiger charge is -2.35. The summed E-state index contributed by atoms with van der Waals surface area (Å²) in [6.07, 6.45) is 9.12. The Morgan fingerprint density at radius 1 is 0.929 bits per heavy atom. The minimum atomic E-state index is -4.11. The van der Waals surface area contributed by atoms with Crippen LogP contribution in [0.2, 0.25) is 0 Å². The number of pyridine rings is 1. The molecule has 7 nitrogen and oxygen atoms in total. The van der Waals surface area contributed by atoms with Gasteiger partial charge < -0.3 is 10.3 Å². The normalized spacial score (nSPS) is 16.7. The molecule has 42 heavy (non-hydrogen) atoms. The first-order chi connectivity index (χ1) is 20.3. The van der Waals surface area contributed by atoms with Crippen LogP contribution in [0.15, 0.2) is 102 Å². The third-order valence-electron chi connectivity index (χ3n) is 8.53. The van der Waals surface area contributed by atoms with Crippen molar-refractivity contribution in [3.63, 3.8) is 0 Å². The molecule has 0 bridgehead atoms. The van der Waals surface area contributed by atoms with Crippen molar-refractivity contribution in [3.8, 4) is 0 Å². The number of hydrogen-bond donors (Lipinski definition) is 3. The van der Waals surface area contributed by atoms with E-state index in [9.17, 15) is 13.2 Å². The fraction of sp³-hybridized carbons (Fsp3) is 0.294. The molecule has 1 fully saturated rings. The first-order valence-electron chi connectivity index (χ1n) is 14.6. The number of benzene rings is 3. The highest BCUT2D eigenvalue weighted by Gasteiger charge is 2.41. The third-order valence-corrected chi connectivity index (χ3v) is 10.2. The van der Waals surface area contributed by atoms with Crippen molar-refractivity contribution in [2.75, 3.05) is 0 Å². The number of hydrogen-bond acceptors (Lipinski definition) is 4. The Balaban J connectivity index is 1.40. The third kappa shape index (κ3) is 5.69. The number of fused-ring (bicyclic) bond motifs is 2. The molecule has 3 N–H and O–H groups in total. The van der Waals surface area contributed by atoms with Gasteiger partial charge in [0.05, 0.1) is 16.6 Å². The summed E-state index contributed by atoms with van der Waals surface area (Å²) in [6.45, 7) is 1.68. The fourth-order valence-corrected chi connectivity index (χ4v) is 7.97. The highest BCUT2D eigenvalue weighted by Crippen LogP contribution is 2.35. The van der Waals surface area contributed by atoms with Crippen molar-refractivity contribution >= 4 is 37.6 Å². The second kappa shape index (κ2) is 11.7. The highest BCUT2D eigenvalue weighted by molar-refractivity contribution is 7.89. The van der Waals surface area contributed by atoms with Crippen molar-refractivity contribution in [3.05, 3.63) is 109 Å². The minimum absolute atomic E-state index is 0.145. The van der Waals surface area contributed by atoms with E-state index >= 15 is 0 Å². The van der Waals surface area contributed by atoms with Gasteiger partial charge in [0.1, 0.15) is 5.54 Å². The van der Waals surface area contributed by atoms with E-state index in [1.54, 1.807) is 31.3 Å². The van der Waals surface area contributed by atoms with Gasteiger partial charge in [-0.3, -0.25) is 9.78 Å². The molecule has 2 heterocycles. The van der Waals surface area contributed by atoms with Crippen LogP contribution in [0.25, 0.3) is 21.7 Å². The highest BCUT2D eigenvalue weighted by atomic mass is 32.2. The molecule has 1 aliphatic carbocycles. The van der Waals surface area contributed by atoms with Crippen LogP contribution in [0.3, 0.4) is 0 Å². The zero-order valence-electron chi connectivity index (χ0n) is 23.7. The summed E-state index contributed by atoms with van der Waals surface area (Å²) in [7, 11) is -4.11. The average molecular weight is 581 g/mol. The number of carbonyl (C=O) groups is 1. The van der Waals surface area contributed by atoms with Crippen molar-refractivity contribution in [2.45, 2.75) is 61.9 Å². The van der Waals surface area contributed by atoms with E-state index in [1.807, 2.05) is 72.9 Å². The van der Waals surface area contributed by atoms with Crippen LogP contribution in [0.5, 0.6) is 0 Å². The quantitative estimate of drug-likeness (QED) is 0.187. The van der Waals surface area contributed by atoms with Gasteiger partial charge in [0.2, 0.25) is 15.9 Å². The molecule has 8 heteroatoms. The molecule has 3 aromatic carbocycles. The summed E-state index contributed by atoms with van der Waals surface area (Å²) < 4.78 is 31.1. The molecule has 1 amide bonds. The Hall–Kier alpha value is -4.01. The van der Waals surface area contributed by atoms with E-state index in [1.165, 1.54) is 6.42 Å². The van der Waals surface area contributed by atoms with Gasteiger partial charge in [-0.1, -0.05) is 79.9 Å². The van der Waals surface area contributed by atoms with E-state index in [0.29, 0.717) is 5.39 Å². The number of aromatic amines is 1. The summed E-state index contributed by atoms with van der Waals surface area (Å²) >= 11 is 0. The molecular weight excluding hydrogens is 544 g/mol. The number of aromatic nitrogens is 2. The monoisotopic (exact) mass is 580 g/mol. The molecule has 2 atom stereocenters. The molecule has 0 saturated heterocycles. The number of para-hydroxylation sites is 1. The second-order valence-electron chi connectivity index (χ2n) is 11.6. The van der Waals surface area contributed by atoms with Gasteiger partial charge in [-0.15, -0.1) is 0 Å². The number of nitrogens with one attached hydrogen (secondary N) is 3. The molecule has 6 rings (SSSR count). The fourth-order valence-electron chi connectivity index (χ4n) is 6.36. The first kappa shape index (κ1) is 28.1. The summed E-state index contributed by atoms with van der Waals surface area (Å²) in [5, 5.41) is 5.65. The predicted molar refractivity (Wildman–Crippen MR) is 166 cm³/mol. The first-order valence-corrected chi connectivity index (χ1v) is 16.1. The number of amides is 1. The van der Waals surface area contributed by atoms with E-state index in [2.05, 4.69) is 20.0 Å². The lowest BCUT2D eigenvalue weighted by molar-refractivity contribution is -0.127. The van der Waals surface area contributed by atoms with Crippen molar-refractivity contribution < 1.29 is 13.2 Å². The number of H-pyrrole nitrogens is 1. The predicted octanol–water partition coefficient (Wildman–Crippen LogP) is 6.43. The second-order valence-corrected chi connectivity index (χ2v) is 13.2. The summed E-state index contributed by atoms with van der Waals surface area (Å²) in [4.78, 5) is 22.5. The van der Waals surface area contributed by atoms with Gasteiger partial charge in [0.25, 0.3) is 0 Å². The maximum absolute atomic E-state index is 14.5. The molecule has 2 unspecified atom stereocenters. The zero-order chi connectivity index (χ0) is 29.2. The SMILES string of the molecule is CC(Cc1c[nH]c2ccccc12)(NS(=O)(=O)c1cccc2ccccc12)C(=O)NC(c1ccccn1)C1CCCCC1. The molecule has 2 aromatic heterocycles. The number of nitrogens with zero attached hydrogens (tertiary/aromatic N) is 1. The van der Waals surface area contributed by atoms with Crippen LogP contribution in [-0.2, 0) is 21.2 Å². The summed E-state index contributed by atoms with van der Waals surface area (Å²) in [5.41, 5.74) is 1.09. The Morgan fingerprint density at radius 2 is 1.64 bits per heavy atom. The number of rotatable bonds is 9. The van der Waals surface area contributed by atoms with E-state index in [-0.39, 0.29) is 29.2 Å². The van der Waals surface area contributed by atoms with Crippen molar-refractivity contribution in [2.24, 2.45) is 5.92 Å². The molecule has 0 aliphatic heterocycles. The topological polar surface area (TPSA) is 104 Å². The van der Waals surface area contributed by atoms with Crippen LogP contribution in [-0.4, -0.2) is 29.8 Å². The molecule has 0 spiro atoms. The largest absolute Gasteiger partial charge is 0.361 e. The average Bonchev–Trinajstić information content (AvgIpc) is 3.42. The van der Waals surface area contributed by atoms with Gasteiger partial charge in [-0.05, 0) is 60.9 Å². The Bertz CT molecular complexity index is 1810. The van der Waals surface area contributed by atoms with Crippen LogP contribution in [0.1, 0.15) is 56.3 Å². The van der Waals surface area contributed by atoms with Crippen LogP contribution in [0.4, 0.5) is 0 Å².